The molecule has 0 spiro atoms. The third-order valence-electron chi connectivity index (χ3n) is 6.52. The Balaban J connectivity index is 1.15. The Morgan fingerprint density at radius 2 is 1.51 bits per heavy atom. The lowest BCUT2D eigenvalue weighted by Crippen LogP contribution is -2.38. The van der Waals surface area contributed by atoms with Gasteiger partial charge in [-0.3, -0.25) is 9.69 Å². The molecule has 1 amide bonds. The van der Waals surface area contributed by atoms with E-state index in [0.29, 0.717) is 18.1 Å². The summed E-state index contributed by atoms with van der Waals surface area (Å²) >= 11 is 0. The molecule has 0 saturated carbocycles. The molecule has 1 fully saturated rings. The number of rotatable bonds is 10. The number of carbonyl (C=O) groups is 2. The molecule has 5 rings (SSSR count). The first-order chi connectivity index (χ1) is 19.0. The number of carbonyl (C=O) groups excluding carboxylic acids is 1. The van der Waals surface area contributed by atoms with Gasteiger partial charge in [0.15, 0.2) is 0 Å². The summed E-state index contributed by atoms with van der Waals surface area (Å²) in [5, 5.41) is 14.1. The lowest BCUT2D eigenvalue weighted by Gasteiger charge is -2.26. The summed E-state index contributed by atoms with van der Waals surface area (Å²) in [5.74, 6) is 0.818. The molecule has 1 saturated heterocycles. The predicted molar refractivity (Wildman–Crippen MR) is 149 cm³/mol. The highest BCUT2D eigenvalue weighted by Crippen LogP contribution is 2.28. The molecule has 2 N–H and O–H groups in total. The average Bonchev–Trinajstić information content (AvgIpc) is 2.95. The number of ether oxygens (including phenoxy) is 3. The van der Waals surface area contributed by atoms with Gasteiger partial charge in [0.2, 0.25) is 5.91 Å². The van der Waals surface area contributed by atoms with E-state index in [1.165, 1.54) is 6.07 Å². The van der Waals surface area contributed by atoms with E-state index < -0.39 is 5.97 Å². The van der Waals surface area contributed by atoms with Crippen molar-refractivity contribution in [2.45, 2.75) is 6.42 Å². The zero-order valence-electron chi connectivity index (χ0n) is 21.5. The zero-order chi connectivity index (χ0) is 27.0. The van der Waals surface area contributed by atoms with Gasteiger partial charge in [0.1, 0.15) is 23.9 Å². The van der Waals surface area contributed by atoms with Crippen LogP contribution < -0.4 is 14.8 Å². The Bertz CT molecular complexity index is 1450. The molecule has 200 valence electrons. The number of morpholine rings is 1. The third kappa shape index (κ3) is 7.13. The van der Waals surface area contributed by atoms with Crippen LogP contribution >= 0.6 is 0 Å². The Morgan fingerprint density at radius 1 is 0.846 bits per heavy atom. The van der Waals surface area contributed by atoms with Gasteiger partial charge in [-0.15, -0.1) is 0 Å². The van der Waals surface area contributed by atoms with Crippen molar-refractivity contribution in [3.05, 3.63) is 96.1 Å². The smallest absolute Gasteiger partial charge is 0.337 e. The maximum atomic E-state index is 12.5. The van der Waals surface area contributed by atoms with E-state index >= 15 is 0 Å². The van der Waals surface area contributed by atoms with Crippen molar-refractivity contribution >= 4 is 28.3 Å². The van der Waals surface area contributed by atoms with Gasteiger partial charge in [-0.05, 0) is 64.9 Å². The second-order valence-corrected chi connectivity index (χ2v) is 9.29. The summed E-state index contributed by atoms with van der Waals surface area (Å²) in [7, 11) is 0. The van der Waals surface area contributed by atoms with Crippen LogP contribution in [0.4, 0.5) is 5.69 Å². The number of carboxylic acids is 1. The fourth-order valence-electron chi connectivity index (χ4n) is 4.44. The van der Waals surface area contributed by atoms with Crippen molar-refractivity contribution in [2.24, 2.45) is 0 Å². The number of anilines is 1. The Hall–Kier alpha value is -4.40. The number of nitrogens with one attached hydrogen (secondary N) is 1. The van der Waals surface area contributed by atoms with Gasteiger partial charge in [0, 0.05) is 19.6 Å². The molecule has 8 heteroatoms. The predicted octanol–water partition coefficient (Wildman–Crippen LogP) is 5.22. The molecule has 1 heterocycles. The second kappa shape index (κ2) is 12.4. The van der Waals surface area contributed by atoms with Crippen LogP contribution in [0.3, 0.4) is 0 Å². The summed E-state index contributed by atoms with van der Waals surface area (Å²) in [6.07, 6.45) is 0.112. The summed E-state index contributed by atoms with van der Waals surface area (Å²) in [6.45, 7) is 4.99. The first kappa shape index (κ1) is 26.2. The third-order valence-corrected chi connectivity index (χ3v) is 6.52. The number of hydrogen-bond donors (Lipinski definition) is 2. The maximum absolute atomic E-state index is 12.5. The molecule has 0 unspecified atom stereocenters. The lowest BCUT2D eigenvalue weighted by atomic mass is 10.1. The minimum Gasteiger partial charge on any atom is -0.492 e. The quantitative estimate of drug-likeness (QED) is 0.292. The van der Waals surface area contributed by atoms with Gasteiger partial charge in [0.25, 0.3) is 0 Å². The molecule has 0 aromatic heterocycles. The molecular weight excluding hydrogens is 496 g/mol. The van der Waals surface area contributed by atoms with Crippen LogP contribution in [0.25, 0.3) is 10.8 Å². The van der Waals surface area contributed by atoms with Crippen molar-refractivity contribution in [3.63, 3.8) is 0 Å². The van der Waals surface area contributed by atoms with E-state index in [2.05, 4.69) is 10.2 Å². The van der Waals surface area contributed by atoms with Crippen molar-refractivity contribution in [1.29, 1.82) is 0 Å². The number of amides is 1. The number of benzene rings is 4. The number of carboxylic acid groups (broad SMARTS) is 1. The van der Waals surface area contributed by atoms with Gasteiger partial charge >= 0.3 is 5.97 Å². The van der Waals surface area contributed by atoms with E-state index in [0.717, 1.165) is 54.9 Å². The van der Waals surface area contributed by atoms with Crippen molar-refractivity contribution in [2.75, 3.05) is 44.8 Å². The largest absolute Gasteiger partial charge is 0.492 e. The van der Waals surface area contributed by atoms with Crippen LogP contribution in [0, 0.1) is 0 Å². The minimum atomic E-state index is -1.09. The Labute approximate surface area is 226 Å². The van der Waals surface area contributed by atoms with Crippen LogP contribution in [0.1, 0.15) is 15.9 Å². The van der Waals surface area contributed by atoms with Crippen LogP contribution in [0.5, 0.6) is 17.2 Å². The highest BCUT2D eigenvalue weighted by Gasteiger charge is 2.13. The summed E-state index contributed by atoms with van der Waals surface area (Å²) in [4.78, 5) is 26.2. The number of aromatic carboxylic acids is 1. The van der Waals surface area contributed by atoms with Gasteiger partial charge in [0.05, 0.1) is 30.9 Å². The van der Waals surface area contributed by atoms with Crippen molar-refractivity contribution in [3.8, 4) is 17.2 Å². The van der Waals surface area contributed by atoms with Crippen LogP contribution in [0.2, 0.25) is 0 Å². The molecule has 39 heavy (non-hydrogen) atoms. The summed E-state index contributed by atoms with van der Waals surface area (Å²) in [6, 6.07) is 25.5. The molecule has 8 nitrogen and oxygen atoms in total. The first-order valence-corrected chi connectivity index (χ1v) is 12.9. The average molecular weight is 527 g/mol. The summed E-state index contributed by atoms with van der Waals surface area (Å²) in [5.41, 5.74) is 1.11. The summed E-state index contributed by atoms with van der Waals surface area (Å²) < 4.78 is 17.4. The molecular formula is C31H30N2O6. The molecule has 0 radical (unpaired) electrons. The number of fused-ring (bicyclic) bond motifs is 1. The van der Waals surface area contributed by atoms with Crippen LogP contribution in [0.15, 0.2) is 84.9 Å². The second-order valence-electron chi connectivity index (χ2n) is 9.29. The Kier molecular flexibility index (Phi) is 8.36. The fourth-order valence-corrected chi connectivity index (χ4v) is 4.44. The molecule has 1 aliphatic heterocycles. The topological polar surface area (TPSA) is 97.3 Å². The van der Waals surface area contributed by atoms with Crippen LogP contribution in [-0.2, 0) is 16.0 Å². The number of hydrogen-bond acceptors (Lipinski definition) is 6. The standard InChI is InChI=1S/C31H30N2O6/c34-30(32-29-4-2-1-3-28(29)31(35)36)19-22-5-9-25(10-6-22)39-27-12-8-23-20-26(11-7-24(23)21-27)38-18-15-33-13-16-37-17-14-33/h1-12,20-21H,13-19H2,(H,32,34)(H,35,36). The number of para-hydroxylation sites is 1. The van der Waals surface area contributed by atoms with E-state index in [-0.39, 0.29) is 23.6 Å². The van der Waals surface area contributed by atoms with Gasteiger partial charge in [-0.25, -0.2) is 4.79 Å². The van der Waals surface area contributed by atoms with Gasteiger partial charge < -0.3 is 24.6 Å². The van der Waals surface area contributed by atoms with E-state index in [9.17, 15) is 14.7 Å². The van der Waals surface area contributed by atoms with E-state index in [1.807, 2.05) is 60.7 Å². The molecule has 4 aromatic rings. The van der Waals surface area contributed by atoms with Gasteiger partial charge in [-0.2, -0.15) is 0 Å². The molecule has 0 bridgehead atoms. The normalized spacial score (nSPS) is 13.6. The van der Waals surface area contributed by atoms with Crippen molar-refractivity contribution in [1.82, 2.24) is 4.90 Å². The van der Waals surface area contributed by atoms with E-state index in [1.54, 1.807) is 18.2 Å². The Morgan fingerprint density at radius 3 is 2.26 bits per heavy atom. The zero-order valence-corrected chi connectivity index (χ0v) is 21.5. The minimum absolute atomic E-state index is 0.0532. The molecule has 1 aliphatic rings. The molecule has 4 aromatic carbocycles. The van der Waals surface area contributed by atoms with Crippen molar-refractivity contribution < 1.29 is 28.9 Å². The van der Waals surface area contributed by atoms with E-state index in [4.69, 9.17) is 14.2 Å². The lowest BCUT2D eigenvalue weighted by molar-refractivity contribution is -0.115. The van der Waals surface area contributed by atoms with Crippen LogP contribution in [-0.4, -0.2) is 61.3 Å². The number of nitrogens with zero attached hydrogens (tertiary/aromatic N) is 1. The first-order valence-electron chi connectivity index (χ1n) is 12.9. The monoisotopic (exact) mass is 526 g/mol. The fraction of sp³-hybridized carbons (Fsp3) is 0.226. The van der Waals surface area contributed by atoms with Gasteiger partial charge in [-0.1, -0.05) is 36.4 Å². The SMILES string of the molecule is O=C(Cc1ccc(Oc2ccc3cc(OCCN4CCOCC4)ccc3c2)cc1)Nc1ccccc1C(=O)O. The molecule has 0 aliphatic carbocycles. The maximum Gasteiger partial charge on any atom is 0.337 e. The highest BCUT2D eigenvalue weighted by atomic mass is 16.5. The highest BCUT2D eigenvalue weighted by molar-refractivity contribution is 6.01. The molecule has 0 atom stereocenters.